The Morgan fingerprint density at radius 1 is 1.53 bits per heavy atom. The van der Waals surface area contributed by atoms with Crippen LogP contribution >= 0.6 is 11.8 Å². The summed E-state index contributed by atoms with van der Waals surface area (Å²) in [4.78, 5) is -0.130. The van der Waals surface area contributed by atoms with Crippen molar-refractivity contribution in [1.82, 2.24) is 4.31 Å². The standard InChI is InChI=1S/C12H17FN2O2S2/c1-2-9-8-15(6-7-18-9)19(16,17)11-5-3-4-10(13)12(11)14/h3-5,9H,2,6-8,14H2,1H3. The number of hydrogen-bond acceptors (Lipinski definition) is 4. The van der Waals surface area contributed by atoms with Crippen LogP contribution in [0, 0.1) is 5.82 Å². The molecule has 1 heterocycles. The molecule has 1 unspecified atom stereocenters. The third kappa shape index (κ3) is 2.88. The average molecular weight is 304 g/mol. The first kappa shape index (κ1) is 14.6. The van der Waals surface area contributed by atoms with E-state index >= 15 is 0 Å². The fourth-order valence-corrected chi connectivity index (χ4v) is 5.04. The monoisotopic (exact) mass is 304 g/mol. The van der Waals surface area contributed by atoms with Crippen LogP contribution in [0.4, 0.5) is 10.1 Å². The zero-order chi connectivity index (χ0) is 14.0. The Kier molecular flexibility index (Phi) is 4.37. The summed E-state index contributed by atoms with van der Waals surface area (Å²) in [7, 11) is -3.70. The van der Waals surface area contributed by atoms with Crippen molar-refractivity contribution in [2.75, 3.05) is 24.6 Å². The van der Waals surface area contributed by atoms with Gasteiger partial charge in [0.15, 0.2) is 0 Å². The molecule has 1 aliphatic rings. The molecule has 2 rings (SSSR count). The molecule has 7 heteroatoms. The van der Waals surface area contributed by atoms with Crippen molar-refractivity contribution < 1.29 is 12.8 Å². The summed E-state index contributed by atoms with van der Waals surface area (Å²) in [5, 5.41) is 0.290. The van der Waals surface area contributed by atoms with Gasteiger partial charge in [0.25, 0.3) is 0 Å². The second kappa shape index (κ2) is 5.68. The molecule has 0 spiro atoms. The topological polar surface area (TPSA) is 63.4 Å². The van der Waals surface area contributed by atoms with Crippen LogP contribution in [0.2, 0.25) is 0 Å². The second-order valence-electron chi connectivity index (χ2n) is 4.42. The molecule has 1 aliphatic heterocycles. The predicted octanol–water partition coefficient (Wildman–Crippen LogP) is 1.92. The molecule has 1 saturated heterocycles. The summed E-state index contributed by atoms with van der Waals surface area (Å²) in [6.45, 7) is 2.93. The lowest BCUT2D eigenvalue weighted by Gasteiger charge is -2.31. The van der Waals surface area contributed by atoms with Gasteiger partial charge in [-0.15, -0.1) is 0 Å². The highest BCUT2D eigenvalue weighted by atomic mass is 32.2. The molecule has 1 atom stereocenters. The number of benzene rings is 1. The van der Waals surface area contributed by atoms with Gasteiger partial charge in [0.1, 0.15) is 10.7 Å². The smallest absolute Gasteiger partial charge is 0.245 e. The molecule has 4 nitrogen and oxygen atoms in total. The molecule has 0 aliphatic carbocycles. The molecule has 2 N–H and O–H groups in total. The number of nitrogens with two attached hydrogens (primary N) is 1. The lowest BCUT2D eigenvalue weighted by molar-refractivity contribution is 0.416. The third-order valence-electron chi connectivity index (χ3n) is 3.19. The highest BCUT2D eigenvalue weighted by molar-refractivity contribution is 8.00. The van der Waals surface area contributed by atoms with Crippen molar-refractivity contribution in [3.05, 3.63) is 24.0 Å². The van der Waals surface area contributed by atoms with E-state index in [1.165, 1.54) is 16.4 Å². The summed E-state index contributed by atoms with van der Waals surface area (Å²) in [5.41, 5.74) is 5.26. The van der Waals surface area contributed by atoms with E-state index in [1.807, 2.05) is 6.92 Å². The molecule has 0 aromatic heterocycles. The lowest BCUT2D eigenvalue weighted by Crippen LogP contribution is -2.41. The maximum absolute atomic E-state index is 13.4. The van der Waals surface area contributed by atoms with Crippen LogP contribution in [0.25, 0.3) is 0 Å². The summed E-state index contributed by atoms with van der Waals surface area (Å²) in [5.74, 6) is 0.0620. The molecule has 106 valence electrons. The van der Waals surface area contributed by atoms with Crippen LogP contribution in [-0.4, -0.2) is 36.8 Å². The van der Waals surface area contributed by atoms with Crippen LogP contribution in [0.3, 0.4) is 0 Å². The number of nitrogens with zero attached hydrogens (tertiary/aromatic N) is 1. The van der Waals surface area contributed by atoms with Crippen molar-refractivity contribution in [2.45, 2.75) is 23.5 Å². The Bertz CT molecular complexity index is 563. The van der Waals surface area contributed by atoms with E-state index in [-0.39, 0.29) is 10.6 Å². The van der Waals surface area contributed by atoms with Gasteiger partial charge in [0.05, 0.1) is 5.69 Å². The van der Waals surface area contributed by atoms with Crippen molar-refractivity contribution >= 4 is 27.5 Å². The average Bonchev–Trinajstić information content (AvgIpc) is 2.41. The van der Waals surface area contributed by atoms with Gasteiger partial charge < -0.3 is 5.73 Å². The fraction of sp³-hybridized carbons (Fsp3) is 0.500. The molecule has 1 aromatic rings. The van der Waals surface area contributed by atoms with Crippen LogP contribution in [0.1, 0.15) is 13.3 Å². The maximum atomic E-state index is 13.4. The van der Waals surface area contributed by atoms with Gasteiger partial charge in [-0.1, -0.05) is 13.0 Å². The van der Waals surface area contributed by atoms with Crippen LogP contribution < -0.4 is 5.73 Å². The molecular formula is C12H17FN2O2S2. The van der Waals surface area contributed by atoms with Crippen molar-refractivity contribution in [1.29, 1.82) is 0 Å². The number of halogens is 1. The van der Waals surface area contributed by atoms with E-state index in [0.717, 1.165) is 18.2 Å². The first-order valence-corrected chi connectivity index (χ1v) is 8.61. The van der Waals surface area contributed by atoms with E-state index in [9.17, 15) is 12.8 Å². The normalized spacial score (nSPS) is 21.5. The van der Waals surface area contributed by atoms with Gasteiger partial charge >= 0.3 is 0 Å². The van der Waals surface area contributed by atoms with Gasteiger partial charge in [-0.25, -0.2) is 12.8 Å². The Morgan fingerprint density at radius 3 is 2.95 bits per heavy atom. The Morgan fingerprint density at radius 2 is 2.26 bits per heavy atom. The van der Waals surface area contributed by atoms with Crippen LogP contribution in [0.5, 0.6) is 0 Å². The molecule has 1 fully saturated rings. The number of anilines is 1. The number of thioether (sulfide) groups is 1. The molecule has 0 amide bonds. The summed E-state index contributed by atoms with van der Waals surface area (Å²) < 4.78 is 39.8. The van der Waals surface area contributed by atoms with Crippen molar-refractivity contribution in [2.24, 2.45) is 0 Å². The van der Waals surface area contributed by atoms with E-state index in [1.54, 1.807) is 11.8 Å². The van der Waals surface area contributed by atoms with E-state index in [4.69, 9.17) is 5.73 Å². The van der Waals surface area contributed by atoms with Crippen LogP contribution in [0.15, 0.2) is 23.1 Å². The minimum atomic E-state index is -3.70. The molecule has 0 saturated carbocycles. The third-order valence-corrected chi connectivity index (χ3v) is 6.48. The van der Waals surface area contributed by atoms with Crippen LogP contribution in [-0.2, 0) is 10.0 Å². The second-order valence-corrected chi connectivity index (χ2v) is 7.73. The lowest BCUT2D eigenvalue weighted by atomic mass is 10.3. The predicted molar refractivity (Wildman–Crippen MR) is 76.1 cm³/mol. The van der Waals surface area contributed by atoms with Gasteiger partial charge in [-0.2, -0.15) is 16.1 Å². The van der Waals surface area contributed by atoms with Crippen molar-refractivity contribution in [3.8, 4) is 0 Å². The zero-order valence-electron chi connectivity index (χ0n) is 10.7. The highest BCUT2D eigenvalue weighted by Gasteiger charge is 2.31. The first-order valence-electron chi connectivity index (χ1n) is 6.12. The van der Waals surface area contributed by atoms with Gasteiger partial charge in [-0.3, -0.25) is 0 Å². The molecule has 0 radical (unpaired) electrons. The first-order chi connectivity index (χ1) is 8.96. The highest BCUT2D eigenvalue weighted by Crippen LogP contribution is 2.29. The Balaban J connectivity index is 2.34. The van der Waals surface area contributed by atoms with E-state index < -0.39 is 15.8 Å². The fourth-order valence-electron chi connectivity index (χ4n) is 2.04. The van der Waals surface area contributed by atoms with E-state index in [0.29, 0.717) is 18.3 Å². The van der Waals surface area contributed by atoms with Gasteiger partial charge in [-0.05, 0) is 18.6 Å². The SMILES string of the molecule is CCC1CN(S(=O)(=O)c2cccc(F)c2N)CCS1. The number of sulfonamides is 1. The van der Waals surface area contributed by atoms with Crippen molar-refractivity contribution in [3.63, 3.8) is 0 Å². The number of rotatable bonds is 3. The molecule has 19 heavy (non-hydrogen) atoms. The molecule has 1 aromatic carbocycles. The zero-order valence-corrected chi connectivity index (χ0v) is 12.3. The summed E-state index contributed by atoms with van der Waals surface area (Å²) in [6.07, 6.45) is 0.912. The number of hydrogen-bond donors (Lipinski definition) is 1. The van der Waals surface area contributed by atoms with Gasteiger partial charge in [0.2, 0.25) is 10.0 Å². The molecule has 0 bridgehead atoms. The quantitative estimate of drug-likeness (QED) is 0.867. The molecular weight excluding hydrogens is 287 g/mol. The van der Waals surface area contributed by atoms with Gasteiger partial charge in [0, 0.05) is 24.1 Å². The Labute approximate surface area is 117 Å². The maximum Gasteiger partial charge on any atom is 0.245 e. The Hall–Kier alpha value is -0.790. The minimum Gasteiger partial charge on any atom is -0.395 e. The summed E-state index contributed by atoms with van der Waals surface area (Å²) in [6, 6.07) is 3.89. The number of para-hydroxylation sites is 1. The minimum absolute atomic E-state index is 0.130. The number of nitrogen functional groups attached to an aromatic ring is 1. The summed E-state index contributed by atoms with van der Waals surface area (Å²) >= 11 is 1.77. The largest absolute Gasteiger partial charge is 0.395 e. The van der Waals surface area contributed by atoms with E-state index in [2.05, 4.69) is 0 Å².